The Morgan fingerprint density at radius 3 is 1.76 bits per heavy atom. The Kier molecular flexibility index (Phi) is 12.0. The molecule has 0 saturated carbocycles. The number of esters is 1. The first kappa shape index (κ1) is 35.6. The molecule has 5 aromatic carbocycles. The summed E-state index contributed by atoms with van der Waals surface area (Å²) in [6.45, 7) is 0.554. The standard InChI is InChI=1S/C41H39NO9/c43-37-38(48-27-32-17-9-3-10-18-32)41(25-30-13-5-1-6-14-30,49-28-33-19-11-4-12-20-33)36(29-47-26-31-15-7-2-8-16-31)50-40(37)51-39(44)34-21-23-35(24-22-34)42(45)46/h1-24,36-38,40,43H,25-29H2/t36-,37+,38-,40-,41-/m1/s1. The van der Waals surface area contributed by atoms with Gasteiger partial charge in [0.25, 0.3) is 5.69 Å². The number of nitrogens with zero attached hydrogens (tertiary/aromatic N) is 1. The molecule has 1 N–H and O–H groups in total. The summed E-state index contributed by atoms with van der Waals surface area (Å²) in [5.41, 5.74) is 2.15. The zero-order valence-electron chi connectivity index (χ0n) is 27.9. The van der Waals surface area contributed by atoms with Crippen molar-refractivity contribution in [3.05, 3.63) is 184 Å². The molecule has 10 nitrogen and oxygen atoms in total. The number of carbonyl (C=O) groups is 1. The summed E-state index contributed by atoms with van der Waals surface area (Å²) in [4.78, 5) is 24.0. The summed E-state index contributed by atoms with van der Waals surface area (Å²) in [6.07, 6.45) is -4.75. The number of aliphatic hydroxyl groups excluding tert-OH is 1. The normalized spacial score (nSPS) is 21.5. The first-order chi connectivity index (χ1) is 24.9. The highest BCUT2D eigenvalue weighted by Crippen LogP contribution is 2.40. The van der Waals surface area contributed by atoms with E-state index in [0.29, 0.717) is 0 Å². The molecule has 0 spiro atoms. The van der Waals surface area contributed by atoms with Crippen LogP contribution in [0, 0.1) is 10.1 Å². The number of hydrogen-bond donors (Lipinski definition) is 1. The summed E-state index contributed by atoms with van der Waals surface area (Å²) in [5, 5.41) is 23.3. The molecule has 0 aromatic heterocycles. The molecule has 0 aliphatic carbocycles. The van der Waals surface area contributed by atoms with E-state index in [1.54, 1.807) is 0 Å². The van der Waals surface area contributed by atoms with E-state index >= 15 is 0 Å². The zero-order valence-corrected chi connectivity index (χ0v) is 27.9. The SMILES string of the molecule is O=C(O[C@H]1O[C@H](COCc2ccccc2)[C@@](Cc2ccccc2)(OCc2ccccc2)[C@H](OCc2ccccc2)[C@@H]1O)c1ccc([N+](=O)[O-])cc1. The van der Waals surface area contributed by atoms with Gasteiger partial charge in [-0.25, -0.2) is 4.79 Å². The highest BCUT2D eigenvalue weighted by atomic mass is 16.7. The number of rotatable bonds is 15. The Bertz CT molecular complexity index is 1830. The van der Waals surface area contributed by atoms with E-state index in [2.05, 4.69) is 0 Å². The van der Waals surface area contributed by atoms with E-state index in [1.807, 2.05) is 121 Å². The van der Waals surface area contributed by atoms with Crippen molar-refractivity contribution in [1.82, 2.24) is 0 Å². The van der Waals surface area contributed by atoms with E-state index in [0.717, 1.165) is 22.3 Å². The molecular weight excluding hydrogens is 650 g/mol. The fourth-order valence-corrected chi connectivity index (χ4v) is 6.15. The number of carbonyl (C=O) groups excluding carboxylic acids is 1. The van der Waals surface area contributed by atoms with Gasteiger partial charge in [-0.05, 0) is 34.4 Å². The van der Waals surface area contributed by atoms with E-state index in [9.17, 15) is 20.0 Å². The fourth-order valence-electron chi connectivity index (χ4n) is 6.15. The topological polar surface area (TPSA) is 127 Å². The van der Waals surface area contributed by atoms with Gasteiger partial charge in [0, 0.05) is 18.6 Å². The summed E-state index contributed by atoms with van der Waals surface area (Å²) in [7, 11) is 0. The minimum Gasteiger partial charge on any atom is -0.429 e. The predicted octanol–water partition coefficient (Wildman–Crippen LogP) is 6.84. The minimum atomic E-state index is -1.51. The molecule has 1 heterocycles. The van der Waals surface area contributed by atoms with Crippen molar-refractivity contribution in [3.8, 4) is 0 Å². The van der Waals surface area contributed by atoms with Crippen LogP contribution >= 0.6 is 0 Å². The monoisotopic (exact) mass is 689 g/mol. The number of nitro groups is 1. The highest BCUT2D eigenvalue weighted by Gasteiger charge is 2.59. The molecule has 0 unspecified atom stereocenters. The maximum absolute atomic E-state index is 13.4. The largest absolute Gasteiger partial charge is 0.429 e. The molecule has 0 bridgehead atoms. The minimum absolute atomic E-state index is 0.0000166. The van der Waals surface area contributed by atoms with Gasteiger partial charge in [0.1, 0.15) is 23.9 Å². The summed E-state index contributed by atoms with van der Waals surface area (Å²) in [6, 6.07) is 43.6. The first-order valence-corrected chi connectivity index (χ1v) is 16.7. The summed E-state index contributed by atoms with van der Waals surface area (Å²) in [5.74, 6) is -0.833. The molecule has 5 atom stereocenters. The van der Waals surface area contributed by atoms with Crippen LogP contribution < -0.4 is 0 Å². The average molecular weight is 690 g/mol. The molecule has 51 heavy (non-hydrogen) atoms. The number of benzene rings is 5. The quantitative estimate of drug-likeness (QED) is 0.0715. The Balaban J connectivity index is 1.38. The number of nitro benzene ring substituents is 1. The van der Waals surface area contributed by atoms with Gasteiger partial charge in [-0.15, -0.1) is 0 Å². The Morgan fingerprint density at radius 2 is 1.22 bits per heavy atom. The van der Waals surface area contributed by atoms with Crippen LogP contribution in [0.3, 0.4) is 0 Å². The van der Waals surface area contributed by atoms with Gasteiger partial charge in [0.05, 0.1) is 36.9 Å². The predicted molar refractivity (Wildman–Crippen MR) is 188 cm³/mol. The molecule has 1 aliphatic rings. The molecule has 262 valence electrons. The Morgan fingerprint density at radius 1 is 0.706 bits per heavy atom. The van der Waals surface area contributed by atoms with Crippen LogP contribution in [-0.4, -0.2) is 52.8 Å². The Hall–Kier alpha value is -5.23. The van der Waals surface area contributed by atoms with Crippen molar-refractivity contribution in [1.29, 1.82) is 0 Å². The zero-order chi connectivity index (χ0) is 35.5. The maximum Gasteiger partial charge on any atom is 0.340 e. The van der Waals surface area contributed by atoms with Crippen LogP contribution in [0.1, 0.15) is 32.6 Å². The van der Waals surface area contributed by atoms with Crippen molar-refractivity contribution in [2.75, 3.05) is 6.61 Å². The van der Waals surface area contributed by atoms with Crippen molar-refractivity contribution in [3.63, 3.8) is 0 Å². The summed E-state index contributed by atoms with van der Waals surface area (Å²) < 4.78 is 32.2. The third kappa shape index (κ3) is 9.12. The van der Waals surface area contributed by atoms with Crippen molar-refractivity contribution < 1.29 is 38.5 Å². The Labute approximate surface area is 296 Å². The molecular formula is C41H39NO9. The van der Waals surface area contributed by atoms with Gasteiger partial charge in [-0.1, -0.05) is 121 Å². The third-order valence-electron chi connectivity index (χ3n) is 8.78. The lowest BCUT2D eigenvalue weighted by Gasteiger charge is -2.52. The lowest BCUT2D eigenvalue weighted by Crippen LogP contribution is -2.70. The third-order valence-corrected chi connectivity index (χ3v) is 8.78. The van der Waals surface area contributed by atoms with Gasteiger partial charge >= 0.3 is 5.97 Å². The van der Waals surface area contributed by atoms with Crippen LogP contribution in [0.25, 0.3) is 0 Å². The van der Waals surface area contributed by atoms with Crippen LogP contribution in [0.2, 0.25) is 0 Å². The van der Waals surface area contributed by atoms with Gasteiger partial charge in [-0.2, -0.15) is 0 Å². The molecule has 6 rings (SSSR count). The molecule has 1 aliphatic heterocycles. The molecule has 0 amide bonds. The molecule has 1 fully saturated rings. The number of ether oxygens (including phenoxy) is 5. The van der Waals surface area contributed by atoms with E-state index in [4.69, 9.17) is 23.7 Å². The van der Waals surface area contributed by atoms with Crippen LogP contribution in [0.15, 0.2) is 146 Å². The van der Waals surface area contributed by atoms with Gasteiger partial charge in [0.2, 0.25) is 6.29 Å². The van der Waals surface area contributed by atoms with E-state index in [-0.39, 0.29) is 44.1 Å². The summed E-state index contributed by atoms with van der Waals surface area (Å²) >= 11 is 0. The van der Waals surface area contributed by atoms with E-state index in [1.165, 1.54) is 24.3 Å². The maximum atomic E-state index is 13.4. The van der Waals surface area contributed by atoms with Gasteiger partial charge < -0.3 is 28.8 Å². The van der Waals surface area contributed by atoms with E-state index < -0.39 is 41.1 Å². The van der Waals surface area contributed by atoms with Crippen LogP contribution in [0.4, 0.5) is 5.69 Å². The van der Waals surface area contributed by atoms with Crippen LogP contribution in [0.5, 0.6) is 0 Å². The van der Waals surface area contributed by atoms with Gasteiger partial charge in [-0.3, -0.25) is 10.1 Å². The van der Waals surface area contributed by atoms with Crippen molar-refractivity contribution in [2.45, 2.75) is 56.4 Å². The van der Waals surface area contributed by atoms with Crippen LogP contribution in [-0.2, 0) is 49.9 Å². The molecule has 0 radical (unpaired) electrons. The number of hydrogen-bond acceptors (Lipinski definition) is 9. The highest BCUT2D eigenvalue weighted by molar-refractivity contribution is 5.89. The lowest BCUT2D eigenvalue weighted by atomic mass is 9.78. The first-order valence-electron chi connectivity index (χ1n) is 16.7. The molecule has 5 aromatic rings. The lowest BCUT2D eigenvalue weighted by molar-refractivity contribution is -0.384. The smallest absolute Gasteiger partial charge is 0.340 e. The number of aliphatic hydroxyl groups is 1. The van der Waals surface area contributed by atoms with Gasteiger partial charge in [0.15, 0.2) is 0 Å². The fraction of sp³-hybridized carbons (Fsp3) is 0.244. The van der Waals surface area contributed by atoms with Crippen molar-refractivity contribution >= 4 is 11.7 Å². The second-order valence-corrected chi connectivity index (χ2v) is 12.3. The second-order valence-electron chi connectivity index (χ2n) is 12.3. The average Bonchev–Trinajstić information content (AvgIpc) is 3.17. The molecule has 10 heteroatoms. The van der Waals surface area contributed by atoms with Crippen molar-refractivity contribution in [2.24, 2.45) is 0 Å². The number of non-ortho nitro benzene ring substituents is 1. The second kappa shape index (κ2) is 17.1. The molecule has 1 saturated heterocycles.